The smallest absolute Gasteiger partial charge is 0.243 e. The molecule has 1 atom stereocenters. The number of likely N-dealkylation sites (tertiary alicyclic amines) is 1. The van der Waals surface area contributed by atoms with Crippen molar-refractivity contribution in [1.82, 2.24) is 10.2 Å². The van der Waals surface area contributed by atoms with Gasteiger partial charge < -0.3 is 20.7 Å². The van der Waals surface area contributed by atoms with E-state index >= 15 is 0 Å². The van der Waals surface area contributed by atoms with Gasteiger partial charge in [-0.05, 0) is 12.8 Å². The topological polar surface area (TPSA) is 92.5 Å². The second kappa shape index (κ2) is 5.45. The van der Waals surface area contributed by atoms with E-state index in [0.717, 1.165) is 6.42 Å². The molecule has 0 aliphatic carbocycles. The summed E-state index contributed by atoms with van der Waals surface area (Å²) in [6, 6.07) is -0.457. The molecule has 6 nitrogen and oxygen atoms in total. The van der Waals surface area contributed by atoms with E-state index < -0.39 is 6.04 Å². The van der Waals surface area contributed by atoms with Crippen molar-refractivity contribution in [2.75, 3.05) is 19.6 Å². The van der Waals surface area contributed by atoms with E-state index in [1.165, 1.54) is 4.90 Å². The summed E-state index contributed by atoms with van der Waals surface area (Å²) in [6.45, 7) is 0.465. The predicted molar refractivity (Wildman–Crippen MR) is 52.9 cm³/mol. The largest absolute Gasteiger partial charge is 0.348 e. The molecule has 0 spiro atoms. The zero-order valence-corrected chi connectivity index (χ0v) is 8.44. The molecule has 0 aromatic rings. The van der Waals surface area contributed by atoms with Crippen LogP contribution in [-0.2, 0) is 14.4 Å². The van der Waals surface area contributed by atoms with Crippen molar-refractivity contribution in [2.45, 2.75) is 18.9 Å². The Balaban J connectivity index is 2.55. The molecule has 0 unspecified atom stereocenters. The summed E-state index contributed by atoms with van der Waals surface area (Å²) in [7, 11) is 0. The normalized spacial score (nSPS) is 20.1. The minimum Gasteiger partial charge on any atom is -0.348 e. The van der Waals surface area contributed by atoms with Crippen LogP contribution in [0, 0.1) is 0 Å². The first-order chi connectivity index (χ1) is 7.20. The summed E-state index contributed by atoms with van der Waals surface area (Å²) >= 11 is 0. The molecule has 0 bridgehead atoms. The lowest BCUT2D eigenvalue weighted by Crippen LogP contribution is -2.48. The van der Waals surface area contributed by atoms with Crippen molar-refractivity contribution in [1.29, 1.82) is 0 Å². The minimum atomic E-state index is -0.457. The van der Waals surface area contributed by atoms with Gasteiger partial charge in [-0.1, -0.05) is 0 Å². The highest BCUT2D eigenvalue weighted by atomic mass is 16.2. The zero-order valence-electron chi connectivity index (χ0n) is 8.44. The molecule has 15 heavy (non-hydrogen) atoms. The standard InChI is InChI=1S/C9H15N3O3/c10-6-8(14)12-4-1-2-7(12)9(15)11-3-5-13/h5,7H,1-4,6,10H2,(H,11,15)/t7-/m0/s1. The highest BCUT2D eigenvalue weighted by Gasteiger charge is 2.32. The highest BCUT2D eigenvalue weighted by molar-refractivity contribution is 5.89. The average Bonchev–Trinajstić information content (AvgIpc) is 2.73. The second-order valence-electron chi connectivity index (χ2n) is 3.36. The molecule has 0 aromatic heterocycles. The molecule has 1 saturated heterocycles. The molecule has 1 rings (SSSR count). The van der Waals surface area contributed by atoms with E-state index in [1.807, 2.05) is 0 Å². The third-order valence-corrected chi connectivity index (χ3v) is 2.41. The third-order valence-electron chi connectivity index (χ3n) is 2.41. The first-order valence-electron chi connectivity index (χ1n) is 4.91. The van der Waals surface area contributed by atoms with Gasteiger partial charge in [0.05, 0.1) is 13.1 Å². The zero-order chi connectivity index (χ0) is 11.3. The van der Waals surface area contributed by atoms with E-state index in [4.69, 9.17) is 5.73 Å². The number of nitrogens with two attached hydrogens (primary N) is 1. The monoisotopic (exact) mass is 213 g/mol. The number of carbonyl (C=O) groups excluding carboxylic acids is 3. The average molecular weight is 213 g/mol. The Morgan fingerprint density at radius 1 is 1.53 bits per heavy atom. The molecule has 0 saturated carbocycles. The van der Waals surface area contributed by atoms with Crippen LogP contribution in [-0.4, -0.2) is 48.7 Å². The van der Waals surface area contributed by atoms with Crippen molar-refractivity contribution in [3.05, 3.63) is 0 Å². The van der Waals surface area contributed by atoms with Gasteiger partial charge in [-0.2, -0.15) is 0 Å². The van der Waals surface area contributed by atoms with Gasteiger partial charge in [0, 0.05) is 6.54 Å². The number of rotatable bonds is 4. The molecule has 84 valence electrons. The number of nitrogens with zero attached hydrogens (tertiary/aromatic N) is 1. The van der Waals surface area contributed by atoms with Gasteiger partial charge in [0.15, 0.2) is 0 Å². The first-order valence-corrected chi connectivity index (χ1v) is 4.91. The van der Waals surface area contributed by atoms with Crippen LogP contribution in [0.2, 0.25) is 0 Å². The van der Waals surface area contributed by atoms with Crippen LogP contribution >= 0.6 is 0 Å². The molecule has 3 N–H and O–H groups in total. The molecule has 0 aromatic carbocycles. The van der Waals surface area contributed by atoms with Crippen molar-refractivity contribution >= 4 is 18.1 Å². The van der Waals surface area contributed by atoms with Crippen LogP contribution in [0.5, 0.6) is 0 Å². The van der Waals surface area contributed by atoms with Gasteiger partial charge in [-0.25, -0.2) is 0 Å². The molecule has 1 aliphatic heterocycles. The molecular weight excluding hydrogens is 198 g/mol. The van der Waals surface area contributed by atoms with Crippen LogP contribution in [0.1, 0.15) is 12.8 Å². The summed E-state index contributed by atoms with van der Waals surface area (Å²) in [6.07, 6.45) is 2.04. The molecule has 0 radical (unpaired) electrons. The van der Waals surface area contributed by atoms with Crippen molar-refractivity contribution in [3.8, 4) is 0 Å². The summed E-state index contributed by atoms with van der Waals surface area (Å²) in [4.78, 5) is 34.4. The number of nitrogens with one attached hydrogen (secondary N) is 1. The molecule has 1 fully saturated rings. The fraction of sp³-hybridized carbons (Fsp3) is 0.667. The summed E-state index contributed by atoms with van der Waals surface area (Å²) in [5.41, 5.74) is 5.24. The Morgan fingerprint density at radius 3 is 2.87 bits per heavy atom. The number of carbonyl (C=O) groups is 3. The van der Waals surface area contributed by atoms with Crippen LogP contribution in [0.4, 0.5) is 0 Å². The molecular formula is C9H15N3O3. The van der Waals surface area contributed by atoms with Crippen LogP contribution in [0.25, 0.3) is 0 Å². The maximum atomic E-state index is 11.5. The molecule has 1 aliphatic rings. The van der Waals surface area contributed by atoms with Gasteiger partial charge in [-0.3, -0.25) is 9.59 Å². The lowest BCUT2D eigenvalue weighted by molar-refractivity contribution is -0.137. The van der Waals surface area contributed by atoms with E-state index in [1.54, 1.807) is 0 Å². The van der Waals surface area contributed by atoms with Gasteiger partial charge >= 0.3 is 0 Å². The number of hydrogen-bond donors (Lipinski definition) is 2. The number of aldehydes is 1. The van der Waals surface area contributed by atoms with Crippen molar-refractivity contribution < 1.29 is 14.4 Å². The lowest BCUT2D eigenvalue weighted by atomic mass is 10.2. The van der Waals surface area contributed by atoms with Crippen LogP contribution < -0.4 is 11.1 Å². The fourth-order valence-electron chi connectivity index (χ4n) is 1.72. The number of amides is 2. The van der Waals surface area contributed by atoms with Gasteiger partial charge in [-0.15, -0.1) is 0 Å². The predicted octanol–water partition coefficient (Wildman–Crippen LogP) is -1.75. The van der Waals surface area contributed by atoms with Gasteiger partial charge in [0.1, 0.15) is 12.3 Å². The summed E-state index contributed by atoms with van der Waals surface area (Å²) in [5, 5.41) is 2.44. The quantitative estimate of drug-likeness (QED) is 0.542. The van der Waals surface area contributed by atoms with E-state index in [9.17, 15) is 14.4 Å². The van der Waals surface area contributed by atoms with Gasteiger partial charge in [0.2, 0.25) is 11.8 Å². The number of hydrogen-bond acceptors (Lipinski definition) is 4. The maximum Gasteiger partial charge on any atom is 0.243 e. The second-order valence-corrected chi connectivity index (χ2v) is 3.36. The fourth-order valence-corrected chi connectivity index (χ4v) is 1.72. The Morgan fingerprint density at radius 2 is 2.27 bits per heavy atom. The van der Waals surface area contributed by atoms with E-state index in [-0.39, 0.29) is 24.9 Å². The lowest BCUT2D eigenvalue weighted by Gasteiger charge is -2.22. The van der Waals surface area contributed by atoms with E-state index in [0.29, 0.717) is 19.3 Å². The Labute approximate surface area is 87.8 Å². The SMILES string of the molecule is NCC(=O)N1CCC[C@H]1C(=O)NCC=O. The summed E-state index contributed by atoms with van der Waals surface area (Å²) in [5.74, 6) is -0.500. The maximum absolute atomic E-state index is 11.5. The van der Waals surface area contributed by atoms with Crippen molar-refractivity contribution in [3.63, 3.8) is 0 Å². The molecule has 2 amide bonds. The Bertz CT molecular complexity index is 267. The van der Waals surface area contributed by atoms with Crippen LogP contribution in [0.3, 0.4) is 0 Å². The Kier molecular flexibility index (Phi) is 4.23. The van der Waals surface area contributed by atoms with Crippen molar-refractivity contribution in [2.24, 2.45) is 5.73 Å². The third kappa shape index (κ3) is 2.76. The molecule has 1 heterocycles. The van der Waals surface area contributed by atoms with Gasteiger partial charge in [0.25, 0.3) is 0 Å². The summed E-state index contributed by atoms with van der Waals surface area (Å²) < 4.78 is 0. The van der Waals surface area contributed by atoms with Crippen LogP contribution in [0.15, 0.2) is 0 Å². The molecule has 6 heteroatoms. The first kappa shape index (κ1) is 11.6. The van der Waals surface area contributed by atoms with E-state index in [2.05, 4.69) is 5.32 Å². The highest BCUT2D eigenvalue weighted by Crippen LogP contribution is 2.16. The Hall–Kier alpha value is -1.43. The minimum absolute atomic E-state index is 0.0139.